The van der Waals surface area contributed by atoms with E-state index in [1.807, 2.05) is 36.4 Å². The number of benzene rings is 2. The Labute approximate surface area is 187 Å². The van der Waals surface area contributed by atoms with E-state index in [0.29, 0.717) is 21.4 Å². The molecule has 30 heavy (non-hydrogen) atoms. The zero-order valence-corrected chi connectivity index (χ0v) is 18.6. The number of nitrogens with zero attached hydrogens (tertiary/aromatic N) is 4. The van der Waals surface area contributed by atoms with E-state index >= 15 is 0 Å². The number of hydrogen-bond acceptors (Lipinski definition) is 4. The van der Waals surface area contributed by atoms with Crippen molar-refractivity contribution in [3.05, 3.63) is 76.2 Å². The maximum atomic E-state index is 13.3. The van der Waals surface area contributed by atoms with Crippen molar-refractivity contribution in [3.8, 4) is 0 Å². The van der Waals surface area contributed by atoms with Crippen LogP contribution in [-0.2, 0) is 4.79 Å². The summed E-state index contributed by atoms with van der Waals surface area (Å²) in [6.45, 7) is 3.99. The molecule has 1 saturated heterocycles. The van der Waals surface area contributed by atoms with E-state index in [-0.39, 0.29) is 5.91 Å². The third kappa shape index (κ3) is 4.19. The number of amides is 1. The summed E-state index contributed by atoms with van der Waals surface area (Å²) in [4.78, 5) is 21.5. The van der Waals surface area contributed by atoms with Crippen LogP contribution in [0.25, 0.3) is 6.08 Å². The zero-order valence-electron chi connectivity index (χ0n) is 17.1. The van der Waals surface area contributed by atoms with E-state index in [4.69, 9.17) is 23.2 Å². The first-order chi connectivity index (χ1) is 14.4. The highest BCUT2D eigenvalue weighted by molar-refractivity contribution is 6.42. The van der Waals surface area contributed by atoms with E-state index in [2.05, 4.69) is 29.0 Å². The second-order valence-corrected chi connectivity index (χ2v) is 8.38. The average molecular weight is 443 g/mol. The highest BCUT2D eigenvalue weighted by Crippen LogP contribution is 2.31. The molecule has 0 aromatic heterocycles. The lowest BCUT2D eigenvalue weighted by Crippen LogP contribution is -2.44. The largest absolute Gasteiger partial charge is 0.368 e. The first-order valence-corrected chi connectivity index (χ1v) is 10.6. The quantitative estimate of drug-likeness (QED) is 0.652. The summed E-state index contributed by atoms with van der Waals surface area (Å²) in [5.74, 6) is -0.119. The fraction of sp³-hybridized carbons (Fsp3) is 0.261. The summed E-state index contributed by atoms with van der Waals surface area (Å²) in [5.41, 5.74) is 3.44. The van der Waals surface area contributed by atoms with Crippen LogP contribution in [0.5, 0.6) is 0 Å². The van der Waals surface area contributed by atoms with Crippen LogP contribution in [0.2, 0.25) is 10.0 Å². The summed E-state index contributed by atoms with van der Waals surface area (Å²) in [6, 6.07) is 13.4. The van der Waals surface area contributed by atoms with Gasteiger partial charge in [-0.3, -0.25) is 9.69 Å². The molecule has 0 atom stereocenters. The van der Waals surface area contributed by atoms with Gasteiger partial charge in [0.15, 0.2) is 0 Å². The Balaban J connectivity index is 1.67. The highest BCUT2D eigenvalue weighted by Gasteiger charge is 2.26. The number of para-hydroxylation sites is 1. The second-order valence-electron chi connectivity index (χ2n) is 7.56. The summed E-state index contributed by atoms with van der Waals surface area (Å²) in [7, 11) is 4.02. The van der Waals surface area contributed by atoms with Crippen LogP contribution in [0.1, 0.15) is 5.56 Å². The van der Waals surface area contributed by atoms with Crippen LogP contribution in [0.15, 0.2) is 60.6 Å². The van der Waals surface area contributed by atoms with Gasteiger partial charge in [-0.25, -0.2) is 0 Å². The predicted octanol–water partition coefficient (Wildman–Crippen LogP) is 4.54. The SMILES string of the molecule is CN1CCN(c2ccccc2/C=C2/C(=O)N(c3ccc(Cl)c(Cl)c3)C=CN2C)CC1. The van der Waals surface area contributed by atoms with Crippen molar-refractivity contribution in [2.45, 2.75) is 0 Å². The minimum Gasteiger partial charge on any atom is -0.368 e. The molecule has 7 heteroatoms. The molecule has 1 amide bonds. The van der Waals surface area contributed by atoms with E-state index < -0.39 is 0 Å². The number of hydrogen-bond donors (Lipinski definition) is 0. The van der Waals surface area contributed by atoms with Gasteiger partial charge >= 0.3 is 0 Å². The van der Waals surface area contributed by atoms with Gasteiger partial charge in [0.05, 0.1) is 15.7 Å². The molecular formula is C23H24Cl2N4O. The molecule has 2 aliphatic heterocycles. The van der Waals surface area contributed by atoms with Crippen LogP contribution >= 0.6 is 23.2 Å². The summed E-state index contributed by atoms with van der Waals surface area (Å²) in [5, 5.41) is 0.878. The van der Waals surface area contributed by atoms with Crippen LogP contribution in [0.4, 0.5) is 11.4 Å². The van der Waals surface area contributed by atoms with E-state index in [0.717, 1.165) is 37.4 Å². The number of piperazine rings is 1. The summed E-state index contributed by atoms with van der Waals surface area (Å²) < 4.78 is 0. The third-order valence-corrected chi connectivity index (χ3v) is 6.25. The van der Waals surface area contributed by atoms with E-state index in [1.165, 1.54) is 0 Å². The molecule has 1 fully saturated rings. The molecule has 156 valence electrons. The van der Waals surface area contributed by atoms with Crippen LogP contribution in [0, 0.1) is 0 Å². The van der Waals surface area contributed by atoms with Crippen LogP contribution in [0.3, 0.4) is 0 Å². The molecule has 4 rings (SSSR count). The lowest BCUT2D eigenvalue weighted by atomic mass is 10.1. The molecule has 2 aromatic carbocycles. The standard InChI is InChI=1S/C23H24Cl2N4O/c1-26-9-12-28(13-10-26)21-6-4-3-5-17(21)15-22-23(30)29(14-11-27(22)2)18-7-8-19(24)20(25)16-18/h3-8,11,14-16H,9-10,12-13H2,1-2H3/b22-15-. The van der Waals surface area contributed by atoms with Gasteiger partial charge in [-0.1, -0.05) is 41.4 Å². The predicted molar refractivity (Wildman–Crippen MR) is 125 cm³/mol. The Kier molecular flexibility index (Phi) is 6.04. The second kappa shape index (κ2) is 8.72. The molecule has 0 N–H and O–H groups in total. The lowest BCUT2D eigenvalue weighted by Gasteiger charge is -2.35. The molecule has 5 nitrogen and oxygen atoms in total. The molecule has 0 radical (unpaired) electrons. The highest BCUT2D eigenvalue weighted by atomic mass is 35.5. The van der Waals surface area contributed by atoms with Crippen LogP contribution in [-0.4, -0.2) is 56.0 Å². The van der Waals surface area contributed by atoms with Gasteiger partial charge in [0.2, 0.25) is 0 Å². The Morgan fingerprint density at radius 3 is 2.37 bits per heavy atom. The van der Waals surface area contributed by atoms with Gasteiger partial charge < -0.3 is 14.7 Å². The minimum absolute atomic E-state index is 0.119. The van der Waals surface area contributed by atoms with Crippen molar-refractivity contribution < 1.29 is 4.79 Å². The molecule has 2 aliphatic rings. The molecule has 0 unspecified atom stereocenters. The maximum absolute atomic E-state index is 13.3. The Bertz CT molecular complexity index is 1010. The fourth-order valence-electron chi connectivity index (χ4n) is 3.68. The topological polar surface area (TPSA) is 30.0 Å². The Morgan fingerprint density at radius 1 is 0.900 bits per heavy atom. The molecule has 0 bridgehead atoms. The number of rotatable bonds is 3. The average Bonchev–Trinajstić information content (AvgIpc) is 2.74. The molecular weight excluding hydrogens is 419 g/mol. The zero-order chi connectivity index (χ0) is 21.3. The molecule has 0 spiro atoms. The minimum atomic E-state index is -0.119. The first kappa shape index (κ1) is 20.8. The van der Waals surface area contributed by atoms with Crippen molar-refractivity contribution in [1.29, 1.82) is 0 Å². The number of halogens is 2. The number of carbonyl (C=O) groups excluding carboxylic acids is 1. The maximum Gasteiger partial charge on any atom is 0.279 e. The van der Waals surface area contributed by atoms with Crippen molar-refractivity contribution >= 4 is 46.6 Å². The van der Waals surface area contributed by atoms with E-state index in [1.54, 1.807) is 29.3 Å². The number of anilines is 2. The van der Waals surface area contributed by atoms with Crippen molar-refractivity contribution in [1.82, 2.24) is 9.80 Å². The Hall–Kier alpha value is -2.47. The monoisotopic (exact) mass is 442 g/mol. The van der Waals surface area contributed by atoms with Gasteiger partial charge in [-0.2, -0.15) is 0 Å². The van der Waals surface area contributed by atoms with Gasteiger partial charge in [-0.15, -0.1) is 0 Å². The van der Waals surface area contributed by atoms with Crippen LogP contribution < -0.4 is 9.80 Å². The molecule has 0 saturated carbocycles. The molecule has 2 heterocycles. The van der Waals surface area contributed by atoms with Gasteiger partial charge in [-0.05, 0) is 37.4 Å². The van der Waals surface area contributed by atoms with Crippen molar-refractivity contribution in [2.24, 2.45) is 0 Å². The molecule has 2 aromatic rings. The summed E-state index contributed by atoms with van der Waals surface area (Å²) >= 11 is 12.2. The lowest BCUT2D eigenvalue weighted by molar-refractivity contribution is -0.115. The first-order valence-electron chi connectivity index (χ1n) is 9.88. The van der Waals surface area contributed by atoms with Crippen molar-refractivity contribution in [3.63, 3.8) is 0 Å². The fourth-order valence-corrected chi connectivity index (χ4v) is 3.98. The van der Waals surface area contributed by atoms with Crippen molar-refractivity contribution in [2.75, 3.05) is 50.1 Å². The number of carbonyl (C=O) groups is 1. The van der Waals surface area contributed by atoms with E-state index in [9.17, 15) is 4.79 Å². The Morgan fingerprint density at radius 2 is 1.63 bits per heavy atom. The number of likely N-dealkylation sites (N-methyl/N-ethyl adjacent to an activating group) is 2. The smallest absolute Gasteiger partial charge is 0.279 e. The normalized spacial score (nSPS) is 19.1. The summed E-state index contributed by atoms with van der Waals surface area (Å²) in [6.07, 6.45) is 5.57. The van der Waals surface area contributed by atoms with Gasteiger partial charge in [0.1, 0.15) is 5.70 Å². The van der Waals surface area contributed by atoms with Gasteiger partial charge in [0, 0.05) is 56.9 Å². The van der Waals surface area contributed by atoms with Gasteiger partial charge in [0.25, 0.3) is 5.91 Å². The third-order valence-electron chi connectivity index (χ3n) is 5.51. The molecule has 0 aliphatic carbocycles.